The van der Waals surface area contributed by atoms with Gasteiger partial charge in [-0.15, -0.1) is 0 Å². The minimum Gasteiger partial charge on any atom is -0.478 e. The van der Waals surface area contributed by atoms with E-state index in [1.807, 2.05) is 30.3 Å². The molecule has 5 rings (SSSR count). The lowest BCUT2D eigenvalue weighted by Gasteiger charge is -2.16. The van der Waals surface area contributed by atoms with Crippen molar-refractivity contribution in [2.75, 3.05) is 12.4 Å². The van der Waals surface area contributed by atoms with Crippen molar-refractivity contribution in [3.63, 3.8) is 0 Å². The fourth-order valence-electron chi connectivity index (χ4n) is 4.49. The molecule has 4 N–H and O–H groups in total. The van der Waals surface area contributed by atoms with Gasteiger partial charge in [-0.05, 0) is 48.4 Å². The molecule has 13 heteroatoms. The quantitative estimate of drug-likeness (QED) is 0.126. The van der Waals surface area contributed by atoms with Crippen molar-refractivity contribution in [3.05, 3.63) is 124 Å². The maximum absolute atomic E-state index is 13.3. The van der Waals surface area contributed by atoms with Gasteiger partial charge in [0.05, 0.1) is 30.6 Å². The van der Waals surface area contributed by atoms with Gasteiger partial charge in [0.25, 0.3) is 0 Å². The van der Waals surface area contributed by atoms with Crippen LogP contribution in [0.5, 0.6) is 0 Å². The molecule has 45 heavy (non-hydrogen) atoms. The summed E-state index contributed by atoms with van der Waals surface area (Å²) in [5.41, 5.74) is 3.77. The van der Waals surface area contributed by atoms with Crippen molar-refractivity contribution in [1.82, 2.24) is 25.1 Å². The van der Waals surface area contributed by atoms with Crippen molar-refractivity contribution >= 4 is 52.9 Å². The number of rotatable bonds is 10. The summed E-state index contributed by atoms with van der Waals surface area (Å²) in [5.74, 6) is -1.08. The van der Waals surface area contributed by atoms with E-state index in [-0.39, 0.29) is 10.7 Å². The maximum Gasteiger partial charge on any atom is 0.411 e. The molecule has 0 radical (unpaired) electrons. The van der Waals surface area contributed by atoms with Crippen LogP contribution in [0.4, 0.5) is 10.5 Å². The molecule has 0 saturated heterocycles. The molecule has 0 spiro atoms. The van der Waals surface area contributed by atoms with Crippen LogP contribution in [0.15, 0.2) is 91.3 Å². The number of carboxylic acid groups (broad SMARTS) is 1. The SMILES string of the molecule is COC(=O)Nc1ccc(-c2nc([C@H](Cc3ccccc3)NC(=O)/C=C/c3cc(Cl)ccc3-n3cc(C(=O)O)cn3)[nH]c2Cl)cc1. The standard InChI is InChI=1S/C32H26Cl2N6O5/c1-45-32(44)36-24-11-7-20(8-12-24)28-29(34)39-30(38-28)25(15-19-5-3-2-4-6-19)37-27(41)14-9-21-16-23(33)10-13-26(21)40-18-22(17-35-40)31(42)43/h2-14,16-18,25H,15H2,1H3,(H,36,44)(H,37,41)(H,38,39)(H,42,43)/b14-9+/t25-/m0/s1. The molecule has 228 valence electrons. The number of hydrogen-bond acceptors (Lipinski definition) is 6. The smallest absolute Gasteiger partial charge is 0.411 e. The predicted octanol–water partition coefficient (Wildman–Crippen LogP) is 6.56. The zero-order valence-electron chi connectivity index (χ0n) is 23.7. The molecular weight excluding hydrogens is 619 g/mol. The fourth-order valence-corrected chi connectivity index (χ4v) is 4.92. The Morgan fingerprint density at radius 2 is 1.82 bits per heavy atom. The monoisotopic (exact) mass is 644 g/mol. The Bertz CT molecular complexity index is 1870. The summed E-state index contributed by atoms with van der Waals surface area (Å²) in [4.78, 5) is 43.9. The average molecular weight is 646 g/mol. The molecule has 0 unspecified atom stereocenters. The van der Waals surface area contributed by atoms with Gasteiger partial charge in [0.15, 0.2) is 0 Å². The van der Waals surface area contributed by atoms with Crippen LogP contribution in [0, 0.1) is 0 Å². The first kappa shape index (κ1) is 31.0. The van der Waals surface area contributed by atoms with Gasteiger partial charge in [-0.2, -0.15) is 5.10 Å². The third kappa shape index (κ3) is 7.77. The number of nitrogens with one attached hydrogen (secondary N) is 3. The first-order valence-corrected chi connectivity index (χ1v) is 14.3. The first-order chi connectivity index (χ1) is 21.7. The number of imidazole rings is 1. The van der Waals surface area contributed by atoms with E-state index in [4.69, 9.17) is 28.2 Å². The lowest BCUT2D eigenvalue weighted by molar-refractivity contribution is -0.117. The highest BCUT2D eigenvalue weighted by Gasteiger charge is 2.21. The number of hydrogen-bond donors (Lipinski definition) is 4. The van der Waals surface area contributed by atoms with E-state index < -0.39 is 24.0 Å². The molecule has 2 amide bonds. The number of carbonyl (C=O) groups excluding carboxylic acids is 2. The van der Waals surface area contributed by atoms with Crippen LogP contribution in [-0.4, -0.2) is 49.9 Å². The summed E-state index contributed by atoms with van der Waals surface area (Å²) < 4.78 is 6.03. The van der Waals surface area contributed by atoms with Crippen LogP contribution in [0.1, 0.15) is 33.4 Å². The van der Waals surface area contributed by atoms with Crippen LogP contribution in [0.25, 0.3) is 23.0 Å². The summed E-state index contributed by atoms with van der Waals surface area (Å²) in [6.45, 7) is 0. The largest absolute Gasteiger partial charge is 0.478 e. The Labute approximate surface area is 267 Å². The predicted molar refractivity (Wildman–Crippen MR) is 171 cm³/mol. The van der Waals surface area contributed by atoms with E-state index in [1.165, 1.54) is 30.3 Å². The third-order valence-electron chi connectivity index (χ3n) is 6.68. The van der Waals surface area contributed by atoms with Gasteiger partial charge in [0.1, 0.15) is 16.7 Å². The van der Waals surface area contributed by atoms with Gasteiger partial charge in [0, 0.05) is 34.1 Å². The number of halogens is 2. The number of aromatic amines is 1. The zero-order chi connectivity index (χ0) is 31.9. The highest BCUT2D eigenvalue weighted by molar-refractivity contribution is 6.32. The van der Waals surface area contributed by atoms with Gasteiger partial charge >= 0.3 is 12.1 Å². The number of carbonyl (C=O) groups is 3. The Kier molecular flexibility index (Phi) is 9.61. The molecule has 3 aromatic carbocycles. The molecule has 11 nitrogen and oxygen atoms in total. The third-order valence-corrected chi connectivity index (χ3v) is 7.19. The number of nitrogens with zero attached hydrogens (tertiary/aromatic N) is 3. The molecule has 0 bridgehead atoms. The molecule has 0 fully saturated rings. The number of H-pyrrole nitrogens is 1. The van der Waals surface area contributed by atoms with E-state index in [2.05, 4.69) is 25.5 Å². The van der Waals surface area contributed by atoms with E-state index in [0.29, 0.717) is 45.5 Å². The fraction of sp³-hybridized carbons (Fsp3) is 0.0938. The Morgan fingerprint density at radius 1 is 1.07 bits per heavy atom. The molecule has 2 heterocycles. The molecule has 0 aliphatic carbocycles. The number of anilines is 1. The van der Waals surface area contributed by atoms with E-state index in [9.17, 15) is 19.5 Å². The minimum atomic E-state index is -1.11. The van der Waals surface area contributed by atoms with Crippen LogP contribution in [0.2, 0.25) is 10.2 Å². The minimum absolute atomic E-state index is 0.0201. The van der Waals surface area contributed by atoms with Crippen LogP contribution in [-0.2, 0) is 16.0 Å². The number of ether oxygens (including phenoxy) is 1. The van der Waals surface area contributed by atoms with Crippen molar-refractivity contribution in [3.8, 4) is 16.9 Å². The number of methoxy groups -OCH3 is 1. The highest BCUT2D eigenvalue weighted by atomic mass is 35.5. The van der Waals surface area contributed by atoms with Crippen molar-refractivity contribution in [2.45, 2.75) is 12.5 Å². The number of aromatic nitrogens is 4. The van der Waals surface area contributed by atoms with Crippen molar-refractivity contribution in [1.29, 1.82) is 0 Å². The second kappa shape index (κ2) is 13.9. The van der Waals surface area contributed by atoms with Gasteiger partial charge in [-0.1, -0.05) is 65.7 Å². The van der Waals surface area contributed by atoms with Crippen LogP contribution < -0.4 is 10.6 Å². The lowest BCUT2D eigenvalue weighted by atomic mass is 10.1. The molecule has 0 aliphatic rings. The topological polar surface area (TPSA) is 151 Å². The van der Waals surface area contributed by atoms with E-state index in [1.54, 1.807) is 48.5 Å². The Balaban J connectivity index is 1.40. The van der Waals surface area contributed by atoms with Gasteiger partial charge in [0.2, 0.25) is 5.91 Å². The summed E-state index contributed by atoms with van der Waals surface area (Å²) in [6, 6.07) is 20.9. The van der Waals surface area contributed by atoms with Crippen LogP contribution in [0.3, 0.4) is 0 Å². The first-order valence-electron chi connectivity index (χ1n) is 13.5. The normalized spacial score (nSPS) is 11.7. The Hall–Kier alpha value is -5.39. The summed E-state index contributed by atoms with van der Waals surface area (Å²) in [7, 11) is 1.28. The van der Waals surface area contributed by atoms with Crippen molar-refractivity contribution in [2.24, 2.45) is 0 Å². The summed E-state index contributed by atoms with van der Waals surface area (Å²) in [6.07, 6.45) is 5.37. The number of benzene rings is 3. The molecular formula is C32H26Cl2N6O5. The summed E-state index contributed by atoms with van der Waals surface area (Å²) in [5, 5.41) is 19.7. The number of amides is 2. The average Bonchev–Trinajstić information content (AvgIpc) is 3.68. The zero-order valence-corrected chi connectivity index (χ0v) is 25.2. The maximum atomic E-state index is 13.3. The van der Waals surface area contributed by atoms with Crippen LogP contribution >= 0.6 is 23.2 Å². The Morgan fingerprint density at radius 3 is 2.51 bits per heavy atom. The van der Waals surface area contributed by atoms with E-state index >= 15 is 0 Å². The van der Waals surface area contributed by atoms with E-state index in [0.717, 1.165) is 5.56 Å². The molecule has 1 atom stereocenters. The second-order valence-electron chi connectivity index (χ2n) is 9.74. The molecule has 0 saturated carbocycles. The molecule has 2 aromatic heterocycles. The van der Waals surface area contributed by atoms with Crippen molar-refractivity contribution < 1.29 is 24.2 Å². The summed E-state index contributed by atoms with van der Waals surface area (Å²) >= 11 is 12.8. The van der Waals surface area contributed by atoms with Gasteiger partial charge < -0.3 is 20.1 Å². The van der Waals surface area contributed by atoms with Gasteiger partial charge in [-0.3, -0.25) is 10.1 Å². The lowest BCUT2D eigenvalue weighted by Crippen LogP contribution is -2.29. The second-order valence-corrected chi connectivity index (χ2v) is 10.6. The van der Waals surface area contributed by atoms with Gasteiger partial charge in [-0.25, -0.2) is 19.3 Å². The molecule has 0 aliphatic heterocycles. The molecule has 5 aromatic rings. The highest BCUT2D eigenvalue weighted by Crippen LogP contribution is 2.30. The number of carboxylic acids is 1. The number of aromatic carboxylic acids is 1.